The van der Waals surface area contributed by atoms with Crippen LogP contribution in [0.3, 0.4) is 0 Å². The molecule has 0 unspecified atom stereocenters. The highest BCUT2D eigenvalue weighted by Gasteiger charge is 2.74. The number of hydrogen-bond donors (Lipinski definition) is 5. The molecule has 3 saturated carbocycles. The van der Waals surface area contributed by atoms with Gasteiger partial charge < -0.3 is 25.5 Å². The summed E-state index contributed by atoms with van der Waals surface area (Å²) < 4.78 is 0. The molecule has 7 heteroatoms. The molecule has 0 saturated heterocycles. The fourth-order valence-corrected chi connectivity index (χ4v) is 9.40. The summed E-state index contributed by atoms with van der Waals surface area (Å²) in [5, 5.41) is 54.8. The smallest absolute Gasteiger partial charge is 0.164 e. The lowest BCUT2D eigenvalue weighted by Crippen LogP contribution is -2.65. The fourth-order valence-electron chi connectivity index (χ4n) is 9.40. The van der Waals surface area contributed by atoms with Gasteiger partial charge in [-0.25, -0.2) is 0 Å². The van der Waals surface area contributed by atoms with E-state index in [1.165, 1.54) is 6.92 Å². The maximum atomic E-state index is 14.2. The minimum atomic E-state index is -1.85. The van der Waals surface area contributed by atoms with Crippen molar-refractivity contribution in [3.63, 3.8) is 0 Å². The Hall–Kier alpha value is -1.12. The molecular weight excluding hydrogens is 472 g/mol. The standard InChI is InChI=1S/C30H48O7/c1-25(2,36)12-11-21(33)30(8,37)23-19(32)14-27(5)20-10-9-16-17(13-18(31)24(35)26(16,3)4)29(20,7)22(34)15-28(23,27)6/h9,17-20,23-24,31-32,35-37H,10-15H2,1-8H3/t17-,18-,19-,20+,23+,24+,27+,28-,29+,30+/m1/s1. The molecule has 37 heavy (non-hydrogen) atoms. The number of allylic oxidation sites excluding steroid dienone is 1. The molecule has 0 radical (unpaired) electrons. The van der Waals surface area contributed by atoms with Gasteiger partial charge in [-0.3, -0.25) is 9.59 Å². The van der Waals surface area contributed by atoms with Crippen LogP contribution in [0.25, 0.3) is 0 Å². The van der Waals surface area contributed by atoms with E-state index < -0.39 is 62.9 Å². The second kappa shape index (κ2) is 8.44. The lowest BCUT2D eigenvalue weighted by atomic mass is 9.38. The van der Waals surface area contributed by atoms with E-state index in [4.69, 9.17) is 0 Å². The van der Waals surface area contributed by atoms with Crippen LogP contribution in [0.1, 0.15) is 93.9 Å². The predicted octanol–water partition coefficient (Wildman–Crippen LogP) is 2.94. The van der Waals surface area contributed by atoms with Crippen molar-refractivity contribution in [2.45, 2.75) is 123 Å². The molecule has 0 bridgehead atoms. The van der Waals surface area contributed by atoms with Gasteiger partial charge in [0.05, 0.1) is 23.9 Å². The van der Waals surface area contributed by atoms with Gasteiger partial charge in [0.25, 0.3) is 0 Å². The molecule has 0 spiro atoms. The molecule has 0 aromatic rings. The third-order valence-electron chi connectivity index (χ3n) is 11.8. The van der Waals surface area contributed by atoms with Gasteiger partial charge in [0.15, 0.2) is 5.78 Å². The first-order valence-electron chi connectivity index (χ1n) is 13.9. The summed E-state index contributed by atoms with van der Waals surface area (Å²) >= 11 is 0. The third-order valence-corrected chi connectivity index (χ3v) is 11.8. The molecule has 5 N–H and O–H groups in total. The molecule has 0 aromatic carbocycles. The van der Waals surface area contributed by atoms with Gasteiger partial charge in [0, 0.05) is 29.6 Å². The summed E-state index contributed by atoms with van der Waals surface area (Å²) in [6.45, 7) is 14.6. The summed E-state index contributed by atoms with van der Waals surface area (Å²) in [4.78, 5) is 27.5. The molecule has 4 aliphatic rings. The predicted molar refractivity (Wildman–Crippen MR) is 139 cm³/mol. The molecular formula is C30H48O7. The lowest BCUT2D eigenvalue weighted by molar-refractivity contribution is -0.188. The largest absolute Gasteiger partial charge is 0.393 e. The van der Waals surface area contributed by atoms with Crippen molar-refractivity contribution >= 4 is 11.6 Å². The van der Waals surface area contributed by atoms with Crippen LogP contribution in [-0.4, -0.2) is 66.6 Å². The van der Waals surface area contributed by atoms with Crippen LogP contribution in [0.15, 0.2) is 11.6 Å². The van der Waals surface area contributed by atoms with Crippen molar-refractivity contribution in [3.8, 4) is 0 Å². The van der Waals surface area contributed by atoms with Crippen molar-refractivity contribution in [2.75, 3.05) is 0 Å². The Morgan fingerprint density at radius 3 is 2.16 bits per heavy atom. The monoisotopic (exact) mass is 520 g/mol. The SMILES string of the molecule is CC(C)(O)CCC(=O)[C@](C)(O)[C@H]1[C@H](O)C[C@@]2(C)[C@@H]3CC=C4[C@@H](C[C@@H](O)[C@H](O)C4(C)C)[C@]3(C)C(=O)C[C@]12C. The Kier molecular flexibility index (Phi) is 6.59. The van der Waals surface area contributed by atoms with Crippen LogP contribution >= 0.6 is 0 Å². The molecule has 4 rings (SSSR count). The van der Waals surface area contributed by atoms with Crippen molar-refractivity contribution in [1.29, 1.82) is 0 Å². The Morgan fingerprint density at radius 2 is 1.59 bits per heavy atom. The maximum absolute atomic E-state index is 14.2. The van der Waals surface area contributed by atoms with Crippen LogP contribution < -0.4 is 0 Å². The number of ketones is 2. The number of rotatable bonds is 5. The van der Waals surface area contributed by atoms with Crippen LogP contribution in [-0.2, 0) is 9.59 Å². The molecule has 0 aromatic heterocycles. The average molecular weight is 521 g/mol. The summed E-state index contributed by atoms with van der Waals surface area (Å²) in [5.74, 6) is -1.60. The molecule has 7 nitrogen and oxygen atoms in total. The molecule has 4 aliphatic carbocycles. The number of aliphatic hydroxyl groups excluding tert-OH is 3. The summed E-state index contributed by atoms with van der Waals surface area (Å²) in [6, 6.07) is 0. The van der Waals surface area contributed by atoms with E-state index in [1.54, 1.807) is 13.8 Å². The Labute approximate surface area is 221 Å². The minimum Gasteiger partial charge on any atom is -0.393 e. The second-order valence-corrected chi connectivity index (χ2v) is 14.8. The zero-order valence-corrected chi connectivity index (χ0v) is 23.8. The molecule has 0 aliphatic heterocycles. The average Bonchev–Trinajstić information content (AvgIpc) is 2.96. The molecule has 210 valence electrons. The van der Waals surface area contributed by atoms with Gasteiger partial charge >= 0.3 is 0 Å². The fraction of sp³-hybridized carbons (Fsp3) is 0.867. The molecule has 10 atom stereocenters. The number of fused-ring (bicyclic) bond motifs is 5. The van der Waals surface area contributed by atoms with Crippen molar-refractivity contribution < 1.29 is 35.1 Å². The number of Topliss-reactive ketones (excluding diaryl/α,β-unsaturated/α-hetero) is 2. The van der Waals surface area contributed by atoms with Gasteiger partial charge in [-0.05, 0) is 69.1 Å². The first-order valence-corrected chi connectivity index (χ1v) is 13.9. The minimum absolute atomic E-state index is 0.0227. The van der Waals surface area contributed by atoms with Crippen LogP contribution in [0.5, 0.6) is 0 Å². The van der Waals surface area contributed by atoms with Crippen molar-refractivity contribution in [3.05, 3.63) is 11.6 Å². The quantitative estimate of drug-likeness (QED) is 0.352. The summed E-state index contributed by atoms with van der Waals surface area (Å²) in [7, 11) is 0. The number of carbonyl (C=O) groups is 2. The van der Waals surface area contributed by atoms with E-state index >= 15 is 0 Å². The highest BCUT2D eigenvalue weighted by molar-refractivity contribution is 5.90. The van der Waals surface area contributed by atoms with E-state index in [-0.39, 0.29) is 36.9 Å². The van der Waals surface area contributed by atoms with E-state index in [2.05, 4.69) is 13.0 Å². The first-order chi connectivity index (χ1) is 16.7. The maximum Gasteiger partial charge on any atom is 0.164 e. The zero-order chi connectivity index (χ0) is 28.1. The molecule has 0 heterocycles. The lowest BCUT2D eigenvalue weighted by Gasteiger charge is -2.65. The van der Waals surface area contributed by atoms with Gasteiger partial charge in [-0.2, -0.15) is 0 Å². The Morgan fingerprint density at radius 1 is 1.00 bits per heavy atom. The molecule has 0 amide bonds. The van der Waals surface area contributed by atoms with Gasteiger partial charge in [0.1, 0.15) is 11.4 Å². The van der Waals surface area contributed by atoms with Gasteiger partial charge in [-0.1, -0.05) is 46.3 Å². The Bertz CT molecular complexity index is 1010. The normalized spacial score (nSPS) is 46.8. The van der Waals surface area contributed by atoms with E-state index in [9.17, 15) is 35.1 Å². The van der Waals surface area contributed by atoms with E-state index in [0.717, 1.165) is 5.57 Å². The number of carbonyl (C=O) groups excluding carboxylic acids is 2. The third kappa shape index (κ3) is 3.86. The Balaban J connectivity index is 1.76. The van der Waals surface area contributed by atoms with E-state index in [0.29, 0.717) is 19.3 Å². The summed E-state index contributed by atoms with van der Waals surface area (Å²) in [6.07, 6.45) is 0.895. The van der Waals surface area contributed by atoms with E-state index in [1.807, 2.05) is 27.7 Å². The molecule has 3 fully saturated rings. The van der Waals surface area contributed by atoms with Gasteiger partial charge in [0.2, 0.25) is 0 Å². The second-order valence-electron chi connectivity index (χ2n) is 14.8. The van der Waals surface area contributed by atoms with Crippen LogP contribution in [0, 0.1) is 39.4 Å². The van der Waals surface area contributed by atoms with Crippen molar-refractivity contribution in [1.82, 2.24) is 0 Å². The van der Waals surface area contributed by atoms with Crippen molar-refractivity contribution in [2.24, 2.45) is 39.4 Å². The van der Waals surface area contributed by atoms with Gasteiger partial charge in [-0.15, -0.1) is 0 Å². The zero-order valence-electron chi connectivity index (χ0n) is 23.8. The highest BCUT2D eigenvalue weighted by atomic mass is 16.3. The first kappa shape index (κ1) is 28.9. The highest BCUT2D eigenvalue weighted by Crippen LogP contribution is 2.74. The number of hydrogen-bond acceptors (Lipinski definition) is 7. The topological polar surface area (TPSA) is 135 Å². The number of aliphatic hydroxyl groups is 5. The summed E-state index contributed by atoms with van der Waals surface area (Å²) in [5.41, 5.74) is -4.71. The van der Waals surface area contributed by atoms with Crippen LogP contribution in [0.2, 0.25) is 0 Å². The van der Waals surface area contributed by atoms with Crippen LogP contribution in [0.4, 0.5) is 0 Å².